The molecule has 0 saturated carbocycles. The summed E-state index contributed by atoms with van der Waals surface area (Å²) in [7, 11) is 3.21. The lowest BCUT2D eigenvalue weighted by atomic mass is 10.2. The average Bonchev–Trinajstić information content (AvgIpc) is 2.47. The summed E-state index contributed by atoms with van der Waals surface area (Å²) in [5, 5.41) is 0.701. The van der Waals surface area contributed by atoms with Gasteiger partial charge >= 0.3 is 0 Å². The minimum atomic E-state index is 0.567. The van der Waals surface area contributed by atoms with Crippen LogP contribution in [0.1, 0.15) is 5.56 Å². The van der Waals surface area contributed by atoms with Gasteiger partial charge in [0.05, 0.1) is 14.2 Å². The highest BCUT2D eigenvalue weighted by Crippen LogP contribution is 2.41. The molecule has 0 atom stereocenters. The Morgan fingerprint density at radius 1 is 0.950 bits per heavy atom. The van der Waals surface area contributed by atoms with E-state index in [0.717, 1.165) is 15.8 Å². The molecule has 106 valence electrons. The van der Waals surface area contributed by atoms with E-state index in [9.17, 15) is 0 Å². The molecule has 0 radical (unpaired) electrons. The second kappa shape index (κ2) is 6.99. The van der Waals surface area contributed by atoms with E-state index in [1.54, 1.807) is 14.2 Å². The van der Waals surface area contributed by atoms with Gasteiger partial charge in [-0.1, -0.05) is 44.0 Å². The number of benzene rings is 2. The van der Waals surface area contributed by atoms with Crippen LogP contribution in [0.3, 0.4) is 0 Å². The van der Waals surface area contributed by atoms with E-state index >= 15 is 0 Å². The van der Waals surface area contributed by atoms with Crippen LogP contribution in [0.15, 0.2) is 40.9 Å². The molecule has 0 bridgehead atoms. The largest absolute Gasteiger partial charge is 0.493 e. The highest BCUT2D eigenvalue weighted by molar-refractivity contribution is 9.10. The summed E-state index contributed by atoms with van der Waals surface area (Å²) >= 11 is 6.91. The number of ether oxygens (including phenoxy) is 3. The molecule has 0 unspecified atom stereocenters. The Balaban J connectivity index is 2.46. The highest BCUT2D eigenvalue weighted by atomic mass is 79.9. The van der Waals surface area contributed by atoms with E-state index in [-0.39, 0.29) is 0 Å². The van der Waals surface area contributed by atoms with Crippen molar-refractivity contribution in [3.8, 4) is 23.0 Å². The van der Waals surface area contributed by atoms with Crippen LogP contribution in [-0.4, -0.2) is 14.2 Å². The van der Waals surface area contributed by atoms with Crippen LogP contribution >= 0.6 is 31.9 Å². The van der Waals surface area contributed by atoms with Crippen molar-refractivity contribution < 1.29 is 14.2 Å². The zero-order valence-electron chi connectivity index (χ0n) is 11.2. The van der Waals surface area contributed by atoms with Gasteiger partial charge in [-0.15, -0.1) is 0 Å². The molecule has 0 aliphatic carbocycles. The van der Waals surface area contributed by atoms with Crippen molar-refractivity contribution in [2.45, 2.75) is 5.33 Å². The second-order valence-electron chi connectivity index (χ2n) is 3.98. The molecule has 2 aromatic carbocycles. The van der Waals surface area contributed by atoms with Crippen LogP contribution in [-0.2, 0) is 5.33 Å². The minimum absolute atomic E-state index is 0.567. The molecule has 0 aromatic heterocycles. The SMILES string of the molecule is COc1cccc(OC)c1Oc1cc(Br)ccc1CBr. The monoisotopic (exact) mass is 400 g/mol. The lowest BCUT2D eigenvalue weighted by Gasteiger charge is -2.15. The van der Waals surface area contributed by atoms with E-state index in [4.69, 9.17) is 14.2 Å². The third-order valence-corrected chi connectivity index (χ3v) is 3.87. The molecule has 0 saturated heterocycles. The molecule has 0 heterocycles. The summed E-state index contributed by atoms with van der Waals surface area (Å²) < 4.78 is 17.6. The Bertz CT molecular complexity index is 577. The summed E-state index contributed by atoms with van der Waals surface area (Å²) in [5.74, 6) is 2.58. The molecule has 0 aliphatic heterocycles. The lowest BCUT2D eigenvalue weighted by molar-refractivity contribution is 0.345. The molecule has 0 spiro atoms. The van der Waals surface area contributed by atoms with Crippen LogP contribution in [0.5, 0.6) is 23.0 Å². The Morgan fingerprint density at radius 2 is 1.60 bits per heavy atom. The maximum absolute atomic E-state index is 6.02. The average molecular weight is 402 g/mol. The van der Waals surface area contributed by atoms with Gasteiger partial charge in [0.1, 0.15) is 5.75 Å². The Morgan fingerprint density at radius 3 is 2.15 bits per heavy atom. The molecule has 3 nitrogen and oxygen atoms in total. The fourth-order valence-corrected chi connectivity index (χ4v) is 2.56. The Hall–Kier alpha value is -1.20. The zero-order valence-corrected chi connectivity index (χ0v) is 14.3. The fourth-order valence-electron chi connectivity index (χ4n) is 1.76. The van der Waals surface area contributed by atoms with Gasteiger partial charge in [0, 0.05) is 15.4 Å². The summed E-state index contributed by atoms with van der Waals surface area (Å²) in [6.45, 7) is 0. The Labute approximate surface area is 135 Å². The maximum atomic E-state index is 6.02. The molecule has 0 N–H and O–H groups in total. The molecule has 2 rings (SSSR count). The first-order valence-corrected chi connectivity index (χ1v) is 7.84. The van der Waals surface area contributed by atoms with Crippen LogP contribution in [0, 0.1) is 0 Å². The lowest BCUT2D eigenvalue weighted by Crippen LogP contribution is -1.96. The van der Waals surface area contributed by atoms with Crippen LogP contribution in [0.2, 0.25) is 0 Å². The first-order chi connectivity index (χ1) is 9.69. The zero-order chi connectivity index (χ0) is 14.5. The van der Waals surface area contributed by atoms with Crippen molar-refractivity contribution in [1.82, 2.24) is 0 Å². The van der Waals surface area contributed by atoms with Crippen molar-refractivity contribution >= 4 is 31.9 Å². The van der Waals surface area contributed by atoms with Gasteiger partial charge in [0.2, 0.25) is 5.75 Å². The number of rotatable bonds is 5. The van der Waals surface area contributed by atoms with E-state index in [2.05, 4.69) is 31.9 Å². The van der Waals surface area contributed by atoms with E-state index in [1.165, 1.54) is 0 Å². The normalized spacial score (nSPS) is 10.2. The number of alkyl halides is 1. The quantitative estimate of drug-likeness (QED) is 0.648. The number of para-hydroxylation sites is 1. The van der Waals surface area contributed by atoms with Gasteiger partial charge in [-0.25, -0.2) is 0 Å². The van der Waals surface area contributed by atoms with Crippen LogP contribution < -0.4 is 14.2 Å². The van der Waals surface area contributed by atoms with Crippen molar-refractivity contribution in [3.05, 3.63) is 46.4 Å². The Kier molecular flexibility index (Phi) is 5.31. The fraction of sp³-hybridized carbons (Fsp3) is 0.200. The molecule has 20 heavy (non-hydrogen) atoms. The predicted octanol–water partition coefficient (Wildman–Crippen LogP) is 5.15. The molecule has 2 aromatic rings. The van der Waals surface area contributed by atoms with Gasteiger partial charge in [0.25, 0.3) is 0 Å². The maximum Gasteiger partial charge on any atom is 0.211 e. The first-order valence-electron chi connectivity index (χ1n) is 5.92. The van der Waals surface area contributed by atoms with Crippen LogP contribution in [0.25, 0.3) is 0 Å². The van der Waals surface area contributed by atoms with E-state index in [0.29, 0.717) is 22.6 Å². The van der Waals surface area contributed by atoms with Crippen molar-refractivity contribution in [2.24, 2.45) is 0 Å². The van der Waals surface area contributed by atoms with Crippen molar-refractivity contribution in [2.75, 3.05) is 14.2 Å². The molecular weight excluding hydrogens is 388 g/mol. The molecule has 0 aliphatic rings. The first kappa shape index (κ1) is 15.2. The number of hydrogen-bond acceptors (Lipinski definition) is 3. The minimum Gasteiger partial charge on any atom is -0.493 e. The van der Waals surface area contributed by atoms with Gasteiger partial charge in [-0.2, -0.15) is 0 Å². The number of methoxy groups -OCH3 is 2. The summed E-state index contributed by atoms with van der Waals surface area (Å²) in [6.07, 6.45) is 0. The summed E-state index contributed by atoms with van der Waals surface area (Å²) in [6, 6.07) is 11.4. The second-order valence-corrected chi connectivity index (χ2v) is 5.46. The van der Waals surface area contributed by atoms with Gasteiger partial charge < -0.3 is 14.2 Å². The van der Waals surface area contributed by atoms with Crippen molar-refractivity contribution in [3.63, 3.8) is 0 Å². The molecule has 0 fully saturated rings. The topological polar surface area (TPSA) is 27.7 Å². The van der Waals surface area contributed by atoms with Gasteiger partial charge in [-0.3, -0.25) is 0 Å². The number of halogens is 2. The van der Waals surface area contributed by atoms with E-state index < -0.39 is 0 Å². The smallest absolute Gasteiger partial charge is 0.211 e. The molecule has 0 amide bonds. The standard InChI is InChI=1S/C15H14Br2O3/c1-18-12-4-3-5-13(19-2)15(12)20-14-8-11(17)7-6-10(14)9-16/h3-8H,9H2,1-2H3. The third-order valence-electron chi connectivity index (χ3n) is 2.77. The summed E-state index contributed by atoms with van der Waals surface area (Å²) in [4.78, 5) is 0. The van der Waals surface area contributed by atoms with E-state index in [1.807, 2.05) is 36.4 Å². The van der Waals surface area contributed by atoms with Gasteiger partial charge in [-0.05, 0) is 24.3 Å². The van der Waals surface area contributed by atoms with Crippen LogP contribution in [0.4, 0.5) is 0 Å². The highest BCUT2D eigenvalue weighted by Gasteiger charge is 2.14. The van der Waals surface area contributed by atoms with Crippen molar-refractivity contribution in [1.29, 1.82) is 0 Å². The summed E-state index contributed by atoms with van der Waals surface area (Å²) in [5.41, 5.74) is 1.04. The molecular formula is C15H14Br2O3. The molecule has 5 heteroatoms. The number of hydrogen-bond donors (Lipinski definition) is 0. The third kappa shape index (κ3) is 3.27. The predicted molar refractivity (Wildman–Crippen MR) is 86.4 cm³/mol. The van der Waals surface area contributed by atoms with Gasteiger partial charge in [0.15, 0.2) is 11.5 Å².